The highest BCUT2D eigenvalue weighted by Gasteiger charge is 2.28. The molecule has 17 rings (SSSR count). The van der Waals surface area contributed by atoms with Crippen LogP contribution in [-0.4, -0.2) is 0 Å². The van der Waals surface area contributed by atoms with Crippen LogP contribution in [-0.2, 0) is 0 Å². The fourth-order valence-electron chi connectivity index (χ4n) is 12.9. The summed E-state index contributed by atoms with van der Waals surface area (Å²) in [4.78, 5) is 4.75. The molecular formula is C76H48N2O4. The average molecular weight is 1050 g/mol. The number of aryl methyl sites for hydroxylation is 2. The Labute approximate surface area is 470 Å². The summed E-state index contributed by atoms with van der Waals surface area (Å²) in [6.45, 7) is 4.35. The Morgan fingerprint density at radius 2 is 0.634 bits per heavy atom. The van der Waals surface area contributed by atoms with Crippen molar-refractivity contribution in [1.82, 2.24) is 0 Å². The molecule has 0 atom stereocenters. The Hall–Kier alpha value is -10.8. The highest BCUT2D eigenvalue weighted by molar-refractivity contribution is 6.22. The van der Waals surface area contributed by atoms with E-state index in [0.717, 1.165) is 177 Å². The molecule has 0 radical (unpaired) electrons. The van der Waals surface area contributed by atoms with Gasteiger partial charge in [-0.2, -0.15) is 0 Å². The number of benzene rings is 13. The molecular weight excluding hydrogens is 1000 g/mol. The number of hydrogen-bond acceptors (Lipinski definition) is 6. The third-order valence-electron chi connectivity index (χ3n) is 16.8. The average Bonchev–Trinajstić information content (AvgIpc) is 4.34. The minimum absolute atomic E-state index is 0.729. The third-order valence-corrected chi connectivity index (χ3v) is 16.8. The van der Waals surface area contributed by atoms with Gasteiger partial charge in [0.15, 0.2) is 22.3 Å². The van der Waals surface area contributed by atoms with Crippen molar-refractivity contribution in [1.29, 1.82) is 0 Å². The van der Waals surface area contributed by atoms with Gasteiger partial charge in [0.2, 0.25) is 0 Å². The maximum atomic E-state index is 6.98. The van der Waals surface area contributed by atoms with Crippen LogP contribution in [0.5, 0.6) is 0 Å². The molecule has 17 aromatic rings. The van der Waals surface area contributed by atoms with Crippen LogP contribution >= 0.6 is 0 Å². The number of para-hydroxylation sites is 4. The molecule has 0 spiro atoms. The number of nitrogens with zero attached hydrogens (tertiary/aromatic N) is 2. The zero-order chi connectivity index (χ0) is 54.2. The molecule has 0 aliphatic carbocycles. The van der Waals surface area contributed by atoms with E-state index < -0.39 is 0 Å². The van der Waals surface area contributed by atoms with E-state index in [9.17, 15) is 0 Å². The molecule has 0 bridgehead atoms. The standard InChI is InChI=1S/C76H48N2O4/c1-45-17-9-13-25-65(45)77(71-55(47-19-5-3-6-20-47)33-35-59-57-23-11-15-27-67(57)79-73(59)71)53-31-29-49-41-63-61-37-38-62-64-42-50-30-32-54(40-52(50)44-70(64)82-76(62)75(61)81-69(63)43-51(49)39-53)78(66-26-14-10-18-46(66)2)72-56(48-21-7-4-8-22-48)34-36-60-58-24-12-16-28-68(58)80-74(60)72/h3-44H,1-2H3. The van der Waals surface area contributed by atoms with Crippen molar-refractivity contribution in [3.63, 3.8) is 0 Å². The lowest BCUT2D eigenvalue weighted by molar-refractivity contribution is 0.634. The Balaban J connectivity index is 0.820. The van der Waals surface area contributed by atoms with Crippen LogP contribution in [0.25, 0.3) is 132 Å². The number of anilines is 6. The molecule has 4 heterocycles. The van der Waals surface area contributed by atoms with E-state index in [2.05, 4.69) is 266 Å². The maximum absolute atomic E-state index is 6.98. The number of hydrogen-bond donors (Lipinski definition) is 0. The molecule has 0 saturated carbocycles. The first-order valence-corrected chi connectivity index (χ1v) is 27.9. The van der Waals surface area contributed by atoms with Crippen molar-refractivity contribution in [2.45, 2.75) is 13.8 Å². The zero-order valence-corrected chi connectivity index (χ0v) is 44.8. The number of furan rings is 4. The lowest BCUT2D eigenvalue weighted by atomic mass is 9.98. The Morgan fingerprint density at radius 3 is 1.09 bits per heavy atom. The molecule has 0 fully saturated rings. The third kappa shape index (κ3) is 7.01. The first-order valence-electron chi connectivity index (χ1n) is 27.9. The summed E-state index contributed by atoms with van der Waals surface area (Å²) in [7, 11) is 0. The van der Waals surface area contributed by atoms with E-state index in [1.165, 1.54) is 0 Å². The summed E-state index contributed by atoms with van der Waals surface area (Å²) in [6.07, 6.45) is 0. The van der Waals surface area contributed by atoms with E-state index in [1.54, 1.807) is 0 Å². The van der Waals surface area contributed by atoms with Crippen molar-refractivity contribution in [3.8, 4) is 22.3 Å². The normalized spacial score (nSPS) is 12.0. The minimum Gasteiger partial charge on any atom is -0.454 e. The first-order chi connectivity index (χ1) is 40.5. The largest absolute Gasteiger partial charge is 0.454 e. The van der Waals surface area contributed by atoms with Crippen LogP contribution in [0.1, 0.15) is 11.1 Å². The fraction of sp³-hybridized carbons (Fsp3) is 0.0263. The fourth-order valence-corrected chi connectivity index (χ4v) is 12.9. The first kappa shape index (κ1) is 46.1. The van der Waals surface area contributed by atoms with Gasteiger partial charge in [0.05, 0.1) is 11.4 Å². The highest BCUT2D eigenvalue weighted by atomic mass is 16.4. The van der Waals surface area contributed by atoms with Gasteiger partial charge in [-0.15, -0.1) is 0 Å². The molecule has 0 aliphatic rings. The van der Waals surface area contributed by atoms with Crippen LogP contribution < -0.4 is 9.80 Å². The molecule has 6 nitrogen and oxygen atoms in total. The molecule has 13 aromatic carbocycles. The van der Waals surface area contributed by atoms with Crippen molar-refractivity contribution in [2.24, 2.45) is 0 Å². The predicted molar refractivity (Wildman–Crippen MR) is 340 cm³/mol. The number of fused-ring (bicyclic) bond motifs is 15. The highest BCUT2D eigenvalue weighted by Crippen LogP contribution is 2.52. The summed E-state index contributed by atoms with van der Waals surface area (Å²) < 4.78 is 27.7. The molecule has 0 amide bonds. The van der Waals surface area contributed by atoms with E-state index in [1.807, 2.05) is 12.1 Å². The van der Waals surface area contributed by atoms with Gasteiger partial charge in [-0.1, -0.05) is 158 Å². The summed E-state index contributed by atoms with van der Waals surface area (Å²) in [5, 5.41) is 12.7. The molecule has 0 unspecified atom stereocenters. The van der Waals surface area contributed by atoms with Crippen LogP contribution in [0.15, 0.2) is 272 Å². The van der Waals surface area contributed by atoms with Gasteiger partial charge in [0, 0.05) is 77.0 Å². The Morgan fingerprint density at radius 1 is 0.256 bits per heavy atom. The molecule has 4 aromatic heterocycles. The summed E-state index contributed by atoms with van der Waals surface area (Å²) in [5.74, 6) is 0. The van der Waals surface area contributed by atoms with Crippen molar-refractivity contribution in [3.05, 3.63) is 266 Å². The van der Waals surface area contributed by atoms with Gasteiger partial charge in [0.1, 0.15) is 22.3 Å². The smallest absolute Gasteiger partial charge is 0.178 e. The van der Waals surface area contributed by atoms with Gasteiger partial charge in [-0.05, 0) is 155 Å². The van der Waals surface area contributed by atoms with Gasteiger partial charge in [-0.3, -0.25) is 0 Å². The second kappa shape index (κ2) is 17.8. The van der Waals surface area contributed by atoms with Crippen molar-refractivity contribution in [2.75, 3.05) is 9.80 Å². The molecule has 0 aliphatic heterocycles. The van der Waals surface area contributed by atoms with E-state index >= 15 is 0 Å². The lowest BCUT2D eigenvalue weighted by Crippen LogP contribution is -2.13. The van der Waals surface area contributed by atoms with E-state index in [4.69, 9.17) is 17.7 Å². The van der Waals surface area contributed by atoms with Crippen LogP contribution in [0.4, 0.5) is 34.1 Å². The van der Waals surface area contributed by atoms with Gasteiger partial charge in [0.25, 0.3) is 0 Å². The van der Waals surface area contributed by atoms with Crippen molar-refractivity contribution < 1.29 is 17.7 Å². The van der Waals surface area contributed by atoms with E-state index in [-0.39, 0.29) is 0 Å². The van der Waals surface area contributed by atoms with Gasteiger partial charge in [-0.25, -0.2) is 0 Å². The summed E-state index contributed by atoms with van der Waals surface area (Å²) >= 11 is 0. The van der Waals surface area contributed by atoms with E-state index in [0.29, 0.717) is 0 Å². The molecule has 82 heavy (non-hydrogen) atoms. The Bertz CT molecular complexity index is 5110. The second-order valence-corrected chi connectivity index (χ2v) is 21.6. The number of rotatable bonds is 8. The van der Waals surface area contributed by atoms with Crippen molar-refractivity contribution >= 4 is 143 Å². The SMILES string of the molecule is Cc1ccccc1N(c1ccc2cc3c(cc2c1)oc1c3ccc2c3cc4ccc(N(c5ccccc5C)c5c(-c6ccccc6)ccc6c5oc5ccccc56)cc4cc3oc21)c1c(-c2ccccc2)ccc2c1oc1ccccc12. The second-order valence-electron chi connectivity index (χ2n) is 21.6. The topological polar surface area (TPSA) is 59.0 Å². The lowest BCUT2D eigenvalue weighted by Gasteiger charge is -2.29. The Kier molecular flexibility index (Phi) is 10.0. The predicted octanol–water partition coefficient (Wildman–Crippen LogP) is 22.5. The molecule has 0 N–H and O–H groups in total. The molecule has 6 heteroatoms. The summed E-state index contributed by atoms with van der Waals surface area (Å²) in [6, 6.07) is 90.6. The summed E-state index contributed by atoms with van der Waals surface area (Å²) in [5.41, 5.74) is 19.2. The monoisotopic (exact) mass is 1050 g/mol. The van der Waals surface area contributed by atoms with Crippen LogP contribution in [0, 0.1) is 13.8 Å². The zero-order valence-electron chi connectivity index (χ0n) is 44.8. The van der Waals surface area contributed by atoms with Gasteiger partial charge < -0.3 is 27.5 Å². The minimum atomic E-state index is 0.729. The molecule has 0 saturated heterocycles. The maximum Gasteiger partial charge on any atom is 0.178 e. The molecule has 386 valence electrons. The van der Waals surface area contributed by atoms with Crippen LogP contribution in [0.3, 0.4) is 0 Å². The van der Waals surface area contributed by atoms with Gasteiger partial charge >= 0.3 is 0 Å². The van der Waals surface area contributed by atoms with Crippen LogP contribution in [0.2, 0.25) is 0 Å². The quantitative estimate of drug-likeness (QED) is 0.151.